The molecule has 0 aliphatic carbocycles. The van der Waals surface area contributed by atoms with Gasteiger partial charge in [-0.2, -0.15) is 13.2 Å². The summed E-state index contributed by atoms with van der Waals surface area (Å²) < 4.78 is 38.6. The van der Waals surface area contributed by atoms with E-state index in [1.807, 2.05) is 0 Å². The molecule has 0 radical (unpaired) electrons. The third-order valence-corrected chi connectivity index (χ3v) is 3.28. The number of anilines is 3. The molecule has 0 amide bonds. The maximum Gasteiger partial charge on any atom is 0.416 e. The number of pyridine rings is 1. The molecule has 0 saturated heterocycles. The van der Waals surface area contributed by atoms with Crippen molar-refractivity contribution in [2.75, 3.05) is 17.7 Å². The van der Waals surface area contributed by atoms with Gasteiger partial charge in [0.25, 0.3) is 0 Å². The van der Waals surface area contributed by atoms with Crippen LogP contribution < -0.4 is 10.6 Å². The van der Waals surface area contributed by atoms with Crippen LogP contribution in [-0.2, 0) is 6.18 Å². The van der Waals surface area contributed by atoms with E-state index in [2.05, 4.69) is 31.5 Å². The van der Waals surface area contributed by atoms with E-state index < -0.39 is 11.7 Å². The number of nitrogens with zero attached hydrogens (tertiary/aromatic N) is 1. The van der Waals surface area contributed by atoms with E-state index in [-0.39, 0.29) is 0 Å². The Morgan fingerprint density at radius 1 is 1.15 bits per heavy atom. The number of aromatic nitrogens is 1. The van der Waals surface area contributed by atoms with Gasteiger partial charge in [-0.3, -0.25) is 0 Å². The molecule has 0 spiro atoms. The monoisotopic (exact) mass is 345 g/mol. The minimum Gasteiger partial charge on any atom is -0.373 e. The van der Waals surface area contributed by atoms with Gasteiger partial charge in [-0.05, 0) is 40.2 Å². The molecule has 20 heavy (non-hydrogen) atoms. The van der Waals surface area contributed by atoms with Crippen LogP contribution in [0.15, 0.2) is 41.0 Å². The zero-order valence-corrected chi connectivity index (χ0v) is 12.0. The molecule has 2 aromatic rings. The van der Waals surface area contributed by atoms with Gasteiger partial charge in [-0.25, -0.2) is 4.98 Å². The van der Waals surface area contributed by atoms with Gasteiger partial charge < -0.3 is 10.6 Å². The fourth-order valence-corrected chi connectivity index (χ4v) is 1.94. The first-order valence-corrected chi connectivity index (χ1v) is 6.47. The van der Waals surface area contributed by atoms with E-state index >= 15 is 0 Å². The Hall–Kier alpha value is -1.76. The summed E-state index contributed by atoms with van der Waals surface area (Å²) in [6, 6.07) is 6.83. The van der Waals surface area contributed by atoms with Crippen LogP contribution in [0.5, 0.6) is 0 Å². The number of hydrogen-bond acceptors (Lipinski definition) is 3. The molecule has 1 heterocycles. The number of benzene rings is 1. The Balaban J connectivity index is 2.32. The van der Waals surface area contributed by atoms with Crippen molar-refractivity contribution in [2.24, 2.45) is 0 Å². The quantitative estimate of drug-likeness (QED) is 0.850. The lowest BCUT2D eigenvalue weighted by atomic mass is 10.2. The molecule has 3 nitrogen and oxygen atoms in total. The van der Waals surface area contributed by atoms with Crippen molar-refractivity contribution in [3.8, 4) is 0 Å². The van der Waals surface area contributed by atoms with Crippen molar-refractivity contribution in [1.82, 2.24) is 4.98 Å². The molecule has 1 aromatic heterocycles. The lowest BCUT2D eigenvalue weighted by Gasteiger charge is -2.13. The van der Waals surface area contributed by atoms with E-state index in [4.69, 9.17) is 0 Å². The third-order valence-electron chi connectivity index (χ3n) is 2.59. The van der Waals surface area contributed by atoms with Crippen LogP contribution in [0.3, 0.4) is 0 Å². The molecule has 2 N–H and O–H groups in total. The smallest absolute Gasteiger partial charge is 0.373 e. The van der Waals surface area contributed by atoms with Gasteiger partial charge in [-0.15, -0.1) is 0 Å². The van der Waals surface area contributed by atoms with Crippen molar-refractivity contribution in [3.05, 3.63) is 46.6 Å². The Morgan fingerprint density at radius 2 is 1.90 bits per heavy atom. The van der Waals surface area contributed by atoms with Crippen molar-refractivity contribution in [3.63, 3.8) is 0 Å². The van der Waals surface area contributed by atoms with Crippen molar-refractivity contribution >= 4 is 33.1 Å². The second kappa shape index (κ2) is 5.70. The predicted octanol–water partition coefficient (Wildman–Crippen LogP) is 4.65. The Labute approximate surface area is 122 Å². The van der Waals surface area contributed by atoms with Gasteiger partial charge in [0.1, 0.15) is 5.82 Å². The van der Waals surface area contributed by atoms with Crippen LogP contribution in [0.1, 0.15) is 5.56 Å². The second-order valence-electron chi connectivity index (χ2n) is 4.00. The zero-order valence-electron chi connectivity index (χ0n) is 10.4. The summed E-state index contributed by atoms with van der Waals surface area (Å²) in [5.41, 5.74) is 0.281. The summed E-state index contributed by atoms with van der Waals surface area (Å²) in [6.07, 6.45) is -2.80. The molecule has 1 aromatic carbocycles. The summed E-state index contributed by atoms with van der Waals surface area (Å²) in [5.74, 6) is 0.623. The van der Waals surface area contributed by atoms with Gasteiger partial charge in [0.15, 0.2) is 0 Å². The average Bonchev–Trinajstić information content (AvgIpc) is 2.40. The molecule has 0 aliphatic rings. The first-order chi connectivity index (χ1) is 9.40. The van der Waals surface area contributed by atoms with E-state index in [1.165, 1.54) is 6.07 Å². The molecule has 0 bridgehead atoms. The van der Waals surface area contributed by atoms with Gasteiger partial charge >= 0.3 is 6.18 Å². The van der Waals surface area contributed by atoms with Crippen molar-refractivity contribution < 1.29 is 13.2 Å². The van der Waals surface area contributed by atoms with Crippen molar-refractivity contribution in [2.45, 2.75) is 6.18 Å². The molecule has 0 aliphatic heterocycles. The number of hydrogen-bond donors (Lipinski definition) is 2. The summed E-state index contributed by atoms with van der Waals surface area (Å²) in [4.78, 5) is 4.04. The third kappa shape index (κ3) is 3.41. The zero-order chi connectivity index (χ0) is 14.8. The summed E-state index contributed by atoms with van der Waals surface area (Å²) >= 11 is 3.23. The first kappa shape index (κ1) is 14.6. The highest BCUT2D eigenvalue weighted by atomic mass is 79.9. The number of halogens is 4. The molecular formula is C13H11BrF3N3. The van der Waals surface area contributed by atoms with Crippen LogP contribution in [0.25, 0.3) is 0 Å². The van der Waals surface area contributed by atoms with E-state index in [1.54, 1.807) is 25.4 Å². The first-order valence-electron chi connectivity index (χ1n) is 5.68. The molecular weight excluding hydrogens is 335 g/mol. The number of rotatable bonds is 3. The summed E-state index contributed by atoms with van der Waals surface area (Å²) in [6.45, 7) is 0. The highest BCUT2D eigenvalue weighted by Crippen LogP contribution is 2.35. The highest BCUT2D eigenvalue weighted by Gasteiger charge is 2.30. The summed E-state index contributed by atoms with van der Waals surface area (Å²) in [5, 5.41) is 5.79. The Bertz CT molecular complexity index is 614. The van der Waals surface area contributed by atoms with Crippen LogP contribution in [-0.4, -0.2) is 12.0 Å². The average molecular weight is 346 g/mol. The van der Waals surface area contributed by atoms with Gasteiger partial charge in [0.05, 0.1) is 11.3 Å². The maximum atomic E-state index is 12.7. The van der Waals surface area contributed by atoms with Gasteiger partial charge in [-0.1, -0.05) is 0 Å². The molecule has 0 fully saturated rings. The highest BCUT2D eigenvalue weighted by molar-refractivity contribution is 9.10. The number of alkyl halides is 3. The van der Waals surface area contributed by atoms with Crippen LogP contribution in [0.2, 0.25) is 0 Å². The normalized spacial score (nSPS) is 11.2. The van der Waals surface area contributed by atoms with Crippen LogP contribution >= 0.6 is 15.9 Å². The lowest BCUT2D eigenvalue weighted by molar-refractivity contribution is -0.137. The summed E-state index contributed by atoms with van der Waals surface area (Å²) in [7, 11) is 1.71. The molecule has 106 valence electrons. The lowest BCUT2D eigenvalue weighted by Crippen LogP contribution is -2.05. The van der Waals surface area contributed by atoms with E-state index in [9.17, 15) is 13.2 Å². The molecule has 0 saturated carbocycles. The SMILES string of the molecule is CNc1cc(Nc2cc(C(F)(F)F)ccc2Br)ccn1. The van der Waals surface area contributed by atoms with Crippen molar-refractivity contribution in [1.29, 1.82) is 0 Å². The molecule has 7 heteroatoms. The molecule has 0 atom stereocenters. The number of nitrogens with one attached hydrogen (secondary N) is 2. The van der Waals surface area contributed by atoms with E-state index in [0.29, 0.717) is 21.7 Å². The fourth-order valence-electron chi connectivity index (χ4n) is 1.60. The van der Waals surface area contributed by atoms with E-state index in [0.717, 1.165) is 12.1 Å². The predicted molar refractivity (Wildman–Crippen MR) is 76.2 cm³/mol. The van der Waals surface area contributed by atoms with Crippen LogP contribution in [0, 0.1) is 0 Å². The topological polar surface area (TPSA) is 37.0 Å². The maximum absolute atomic E-state index is 12.7. The Morgan fingerprint density at radius 3 is 2.55 bits per heavy atom. The minimum absolute atomic E-state index is 0.341. The van der Waals surface area contributed by atoms with Gasteiger partial charge in [0, 0.05) is 29.5 Å². The molecule has 2 rings (SSSR count). The largest absolute Gasteiger partial charge is 0.416 e. The minimum atomic E-state index is -4.37. The fraction of sp³-hybridized carbons (Fsp3) is 0.154. The second-order valence-corrected chi connectivity index (χ2v) is 4.85. The van der Waals surface area contributed by atoms with Gasteiger partial charge in [0.2, 0.25) is 0 Å². The van der Waals surface area contributed by atoms with Crippen LogP contribution in [0.4, 0.5) is 30.4 Å². The Kier molecular flexibility index (Phi) is 4.17. The standard InChI is InChI=1S/C13H11BrF3N3/c1-18-12-7-9(4-5-19-12)20-11-6-8(13(15,16)17)2-3-10(11)14/h2-7H,1H3,(H2,18,19,20). The molecule has 0 unspecified atom stereocenters.